The van der Waals surface area contributed by atoms with E-state index in [0.717, 1.165) is 60.9 Å². The lowest BCUT2D eigenvalue weighted by Gasteiger charge is -2.27. The molecular formula is C21H28N8. The van der Waals surface area contributed by atoms with E-state index in [0.29, 0.717) is 18.0 Å². The molecule has 0 saturated heterocycles. The van der Waals surface area contributed by atoms with Crippen LogP contribution in [-0.2, 0) is 0 Å². The van der Waals surface area contributed by atoms with Crippen LogP contribution >= 0.6 is 0 Å². The van der Waals surface area contributed by atoms with E-state index in [1.165, 1.54) is 19.3 Å². The van der Waals surface area contributed by atoms with Crippen LogP contribution in [0.15, 0.2) is 30.7 Å². The fraction of sp³-hybridized carbons (Fsp3) is 0.524. The maximum Gasteiger partial charge on any atom is 0.222 e. The summed E-state index contributed by atoms with van der Waals surface area (Å²) >= 11 is 0. The van der Waals surface area contributed by atoms with Gasteiger partial charge in [0, 0.05) is 36.6 Å². The molecule has 4 N–H and O–H groups in total. The molecule has 0 aromatic carbocycles. The summed E-state index contributed by atoms with van der Waals surface area (Å²) in [6.07, 6.45) is 13.7. The zero-order chi connectivity index (χ0) is 19.6. The Morgan fingerprint density at radius 3 is 2.52 bits per heavy atom. The zero-order valence-corrected chi connectivity index (χ0v) is 16.6. The Hall–Kier alpha value is -2.74. The second-order valence-corrected chi connectivity index (χ2v) is 8.34. The van der Waals surface area contributed by atoms with Gasteiger partial charge in [0.1, 0.15) is 5.82 Å². The van der Waals surface area contributed by atoms with E-state index < -0.39 is 0 Å². The van der Waals surface area contributed by atoms with Gasteiger partial charge in [0.05, 0.1) is 11.9 Å². The van der Waals surface area contributed by atoms with Gasteiger partial charge in [-0.25, -0.2) is 19.5 Å². The van der Waals surface area contributed by atoms with E-state index in [1.54, 1.807) is 0 Å². The van der Waals surface area contributed by atoms with Gasteiger partial charge in [-0.15, -0.1) is 5.10 Å². The highest BCUT2D eigenvalue weighted by Crippen LogP contribution is 2.32. The molecule has 3 aromatic rings. The molecular weight excluding hydrogens is 364 g/mol. The maximum absolute atomic E-state index is 6.02. The van der Waals surface area contributed by atoms with Gasteiger partial charge in [0.2, 0.25) is 5.95 Å². The van der Waals surface area contributed by atoms with Crippen LogP contribution in [0.5, 0.6) is 0 Å². The van der Waals surface area contributed by atoms with Crippen molar-refractivity contribution in [3.05, 3.63) is 30.7 Å². The Kier molecular flexibility index (Phi) is 5.01. The zero-order valence-electron chi connectivity index (χ0n) is 16.6. The third-order valence-electron chi connectivity index (χ3n) is 5.97. The van der Waals surface area contributed by atoms with Crippen LogP contribution in [0.25, 0.3) is 16.9 Å². The summed E-state index contributed by atoms with van der Waals surface area (Å²) in [5.41, 5.74) is 8.61. The predicted octanol–water partition coefficient (Wildman–Crippen LogP) is 3.08. The van der Waals surface area contributed by atoms with Crippen molar-refractivity contribution in [2.24, 2.45) is 11.7 Å². The number of nitrogens with one attached hydrogen (secondary N) is 2. The van der Waals surface area contributed by atoms with Crippen LogP contribution < -0.4 is 16.4 Å². The highest BCUT2D eigenvalue weighted by atomic mass is 15.3. The van der Waals surface area contributed by atoms with Gasteiger partial charge in [-0.3, -0.25) is 0 Å². The Morgan fingerprint density at radius 2 is 1.76 bits per heavy atom. The van der Waals surface area contributed by atoms with Gasteiger partial charge in [-0.1, -0.05) is 12.8 Å². The van der Waals surface area contributed by atoms with Crippen molar-refractivity contribution >= 4 is 17.4 Å². The molecule has 0 spiro atoms. The number of rotatable bonds is 7. The number of imidazole rings is 1. The second kappa shape index (κ2) is 7.94. The molecule has 0 amide bonds. The summed E-state index contributed by atoms with van der Waals surface area (Å²) in [5.74, 6) is 2.43. The number of anilines is 2. The number of hydrogen-bond donors (Lipinski definition) is 3. The fourth-order valence-electron chi connectivity index (χ4n) is 3.97. The van der Waals surface area contributed by atoms with E-state index in [-0.39, 0.29) is 0 Å². The van der Waals surface area contributed by atoms with Crippen LogP contribution in [0.3, 0.4) is 0 Å². The van der Waals surface area contributed by atoms with Crippen molar-refractivity contribution in [1.82, 2.24) is 24.6 Å². The topological polar surface area (TPSA) is 106 Å². The van der Waals surface area contributed by atoms with E-state index in [1.807, 2.05) is 35.2 Å². The first-order valence-electron chi connectivity index (χ1n) is 10.7. The van der Waals surface area contributed by atoms with Crippen LogP contribution in [0.2, 0.25) is 0 Å². The number of aromatic nitrogens is 5. The van der Waals surface area contributed by atoms with Crippen molar-refractivity contribution in [3.8, 4) is 11.3 Å². The minimum atomic E-state index is 0.343. The molecule has 29 heavy (non-hydrogen) atoms. The Morgan fingerprint density at radius 1 is 0.966 bits per heavy atom. The molecule has 152 valence electrons. The lowest BCUT2D eigenvalue weighted by atomic mass is 9.92. The monoisotopic (exact) mass is 392 g/mol. The molecule has 0 aliphatic heterocycles. The minimum Gasteiger partial charge on any atom is -0.366 e. The largest absolute Gasteiger partial charge is 0.366 e. The maximum atomic E-state index is 6.02. The van der Waals surface area contributed by atoms with Gasteiger partial charge >= 0.3 is 0 Å². The highest BCUT2D eigenvalue weighted by molar-refractivity contribution is 5.62. The molecule has 2 aliphatic carbocycles. The van der Waals surface area contributed by atoms with Gasteiger partial charge in [0.25, 0.3) is 0 Å². The van der Waals surface area contributed by atoms with Gasteiger partial charge in [0.15, 0.2) is 5.65 Å². The molecule has 0 atom stereocenters. The molecule has 5 rings (SSSR count). The SMILES string of the molecule is N[C@H]1CC[C@H](Nc2ccc3ncc(-c4cnc(NCCC5CC5)nc4)n3n2)CC1. The predicted molar refractivity (Wildman–Crippen MR) is 114 cm³/mol. The smallest absolute Gasteiger partial charge is 0.222 e. The lowest BCUT2D eigenvalue weighted by molar-refractivity contribution is 0.410. The number of nitrogens with zero attached hydrogens (tertiary/aromatic N) is 5. The average Bonchev–Trinajstić information content (AvgIpc) is 3.47. The highest BCUT2D eigenvalue weighted by Gasteiger charge is 2.20. The molecule has 3 aromatic heterocycles. The average molecular weight is 393 g/mol. The number of nitrogens with two attached hydrogens (primary N) is 1. The molecule has 8 heteroatoms. The van der Waals surface area contributed by atoms with E-state index in [9.17, 15) is 0 Å². The van der Waals surface area contributed by atoms with E-state index >= 15 is 0 Å². The molecule has 2 saturated carbocycles. The van der Waals surface area contributed by atoms with Gasteiger partial charge < -0.3 is 16.4 Å². The summed E-state index contributed by atoms with van der Waals surface area (Å²) in [4.78, 5) is 13.4. The van der Waals surface area contributed by atoms with Crippen LogP contribution in [0, 0.1) is 5.92 Å². The molecule has 2 aliphatic rings. The summed E-state index contributed by atoms with van der Waals surface area (Å²) < 4.78 is 1.86. The molecule has 8 nitrogen and oxygen atoms in total. The molecule has 2 fully saturated rings. The molecule has 0 bridgehead atoms. The van der Waals surface area contributed by atoms with Gasteiger partial charge in [-0.2, -0.15) is 0 Å². The minimum absolute atomic E-state index is 0.343. The number of hydrogen-bond acceptors (Lipinski definition) is 7. The van der Waals surface area contributed by atoms with Crippen molar-refractivity contribution in [2.75, 3.05) is 17.2 Å². The van der Waals surface area contributed by atoms with Crippen molar-refractivity contribution in [3.63, 3.8) is 0 Å². The van der Waals surface area contributed by atoms with Crippen molar-refractivity contribution in [1.29, 1.82) is 0 Å². The van der Waals surface area contributed by atoms with E-state index in [4.69, 9.17) is 10.8 Å². The van der Waals surface area contributed by atoms with Crippen LogP contribution in [-0.4, -0.2) is 43.2 Å². The Labute approximate surface area is 170 Å². The third-order valence-corrected chi connectivity index (χ3v) is 5.97. The standard InChI is InChI=1S/C21H28N8/c22-16-3-5-17(6-4-16)27-19-7-8-20-24-13-18(29(20)28-19)15-11-25-21(26-12-15)23-10-9-14-1-2-14/h7-8,11-14,16-17H,1-6,9-10,22H2,(H,27,28)(H,23,25,26)/t16-,17-. The third kappa shape index (κ3) is 4.32. The molecule has 3 heterocycles. The summed E-state index contributed by atoms with van der Waals surface area (Å²) in [7, 11) is 0. The summed E-state index contributed by atoms with van der Waals surface area (Å²) in [5, 5.41) is 11.6. The Bertz CT molecular complexity index is 954. The van der Waals surface area contributed by atoms with Crippen LogP contribution in [0.1, 0.15) is 44.9 Å². The number of fused-ring (bicyclic) bond motifs is 1. The molecule has 0 unspecified atom stereocenters. The first-order valence-corrected chi connectivity index (χ1v) is 10.7. The normalized spacial score (nSPS) is 22.0. The molecule has 0 radical (unpaired) electrons. The fourth-order valence-corrected chi connectivity index (χ4v) is 3.97. The summed E-state index contributed by atoms with van der Waals surface area (Å²) in [6, 6.07) is 4.75. The first-order chi connectivity index (χ1) is 14.2. The summed E-state index contributed by atoms with van der Waals surface area (Å²) in [6.45, 7) is 0.933. The Balaban J connectivity index is 1.30. The first kappa shape index (κ1) is 18.3. The second-order valence-electron chi connectivity index (χ2n) is 8.34. The van der Waals surface area contributed by atoms with Crippen molar-refractivity contribution in [2.45, 2.75) is 57.0 Å². The van der Waals surface area contributed by atoms with Crippen molar-refractivity contribution < 1.29 is 0 Å². The quantitative estimate of drug-likeness (QED) is 0.567. The lowest BCUT2D eigenvalue weighted by Crippen LogP contribution is -2.33. The van der Waals surface area contributed by atoms with Gasteiger partial charge in [-0.05, 0) is 50.2 Å². The van der Waals surface area contributed by atoms with Crippen LogP contribution in [0.4, 0.5) is 11.8 Å². The van der Waals surface area contributed by atoms with E-state index in [2.05, 4.69) is 25.6 Å².